The Balaban J connectivity index is 2.17. The lowest BCUT2D eigenvalue weighted by atomic mass is 10.2. The van der Waals surface area contributed by atoms with E-state index in [-0.39, 0.29) is 6.61 Å². The number of aliphatic hydroxyl groups is 1. The van der Waals surface area contributed by atoms with Crippen molar-refractivity contribution in [2.24, 2.45) is 0 Å². The average molecular weight is 265 g/mol. The van der Waals surface area contributed by atoms with Gasteiger partial charge < -0.3 is 14.6 Å². The summed E-state index contributed by atoms with van der Waals surface area (Å²) in [5.74, 6) is 1.20. The summed E-state index contributed by atoms with van der Waals surface area (Å²) in [6, 6.07) is 5.44. The van der Waals surface area contributed by atoms with Crippen molar-refractivity contribution in [3.8, 4) is 11.5 Å². The van der Waals surface area contributed by atoms with Crippen LogP contribution >= 0.6 is 11.3 Å². The molecule has 0 aliphatic rings. The van der Waals surface area contributed by atoms with Crippen molar-refractivity contribution >= 4 is 11.3 Å². The van der Waals surface area contributed by atoms with E-state index in [1.165, 1.54) is 0 Å². The molecule has 0 bridgehead atoms. The van der Waals surface area contributed by atoms with Crippen LogP contribution in [0.4, 0.5) is 0 Å². The molecule has 0 spiro atoms. The van der Waals surface area contributed by atoms with Crippen molar-refractivity contribution in [3.63, 3.8) is 0 Å². The molecule has 0 amide bonds. The SMILES string of the molecule is COc1cccc(CO)c1OCc1nc(C)cs1. The Morgan fingerprint density at radius 2 is 2.22 bits per heavy atom. The van der Waals surface area contributed by atoms with Crippen LogP contribution in [-0.2, 0) is 13.2 Å². The molecule has 4 nitrogen and oxygen atoms in total. The highest BCUT2D eigenvalue weighted by atomic mass is 32.1. The van der Waals surface area contributed by atoms with Gasteiger partial charge in [0.15, 0.2) is 11.5 Å². The molecular formula is C13H15NO3S. The number of aliphatic hydroxyl groups excluding tert-OH is 1. The van der Waals surface area contributed by atoms with E-state index in [0.717, 1.165) is 10.7 Å². The topological polar surface area (TPSA) is 51.6 Å². The van der Waals surface area contributed by atoms with Gasteiger partial charge in [-0.05, 0) is 13.0 Å². The van der Waals surface area contributed by atoms with Crippen LogP contribution in [0.25, 0.3) is 0 Å². The quantitative estimate of drug-likeness (QED) is 0.902. The maximum Gasteiger partial charge on any atom is 0.167 e. The Hall–Kier alpha value is -1.59. The lowest BCUT2D eigenvalue weighted by Gasteiger charge is -2.12. The first-order chi connectivity index (χ1) is 8.74. The van der Waals surface area contributed by atoms with Crippen molar-refractivity contribution < 1.29 is 14.6 Å². The fraction of sp³-hybridized carbons (Fsp3) is 0.308. The number of hydrogen-bond donors (Lipinski definition) is 1. The predicted octanol–water partition coefficient (Wildman–Crippen LogP) is 2.53. The normalized spacial score (nSPS) is 10.4. The van der Waals surface area contributed by atoms with Gasteiger partial charge in [0.2, 0.25) is 0 Å². The molecule has 1 aromatic heterocycles. The largest absolute Gasteiger partial charge is 0.493 e. The van der Waals surface area contributed by atoms with Gasteiger partial charge in [0, 0.05) is 16.6 Å². The van der Waals surface area contributed by atoms with Gasteiger partial charge in [-0.2, -0.15) is 0 Å². The van der Waals surface area contributed by atoms with Gasteiger partial charge in [0.05, 0.1) is 13.7 Å². The third kappa shape index (κ3) is 2.80. The first-order valence-corrected chi connectivity index (χ1v) is 6.43. The van der Waals surface area contributed by atoms with Crippen LogP contribution in [0, 0.1) is 6.92 Å². The number of para-hydroxylation sites is 1. The summed E-state index contributed by atoms with van der Waals surface area (Å²) in [7, 11) is 1.58. The summed E-state index contributed by atoms with van der Waals surface area (Å²) in [4.78, 5) is 4.33. The van der Waals surface area contributed by atoms with Gasteiger partial charge in [-0.1, -0.05) is 12.1 Å². The molecule has 2 rings (SSSR count). The second-order valence-electron chi connectivity index (χ2n) is 3.78. The van der Waals surface area contributed by atoms with Crippen LogP contribution in [0.15, 0.2) is 23.6 Å². The van der Waals surface area contributed by atoms with Crippen molar-refractivity contribution in [2.75, 3.05) is 7.11 Å². The maximum atomic E-state index is 9.29. The molecule has 0 aliphatic carbocycles. The van der Waals surface area contributed by atoms with Crippen LogP contribution in [-0.4, -0.2) is 17.2 Å². The van der Waals surface area contributed by atoms with E-state index in [1.807, 2.05) is 30.5 Å². The molecule has 1 aromatic carbocycles. The zero-order valence-corrected chi connectivity index (χ0v) is 11.2. The molecule has 18 heavy (non-hydrogen) atoms. The molecule has 96 valence electrons. The predicted molar refractivity (Wildman–Crippen MR) is 70.1 cm³/mol. The number of aryl methyl sites for hydroxylation is 1. The minimum Gasteiger partial charge on any atom is -0.493 e. The summed E-state index contributed by atoms with van der Waals surface area (Å²) in [5.41, 5.74) is 1.70. The van der Waals surface area contributed by atoms with Crippen LogP contribution in [0.3, 0.4) is 0 Å². The van der Waals surface area contributed by atoms with Crippen molar-refractivity contribution in [3.05, 3.63) is 39.8 Å². The van der Waals surface area contributed by atoms with Gasteiger partial charge in [-0.15, -0.1) is 11.3 Å². The number of thiazole rings is 1. The van der Waals surface area contributed by atoms with E-state index in [4.69, 9.17) is 9.47 Å². The molecule has 0 aliphatic heterocycles. The second kappa shape index (κ2) is 5.84. The number of ether oxygens (including phenoxy) is 2. The minimum absolute atomic E-state index is 0.0799. The summed E-state index contributed by atoms with van der Waals surface area (Å²) in [6.07, 6.45) is 0. The molecule has 0 saturated carbocycles. The van der Waals surface area contributed by atoms with Crippen molar-refractivity contribution in [1.29, 1.82) is 0 Å². The van der Waals surface area contributed by atoms with Crippen molar-refractivity contribution in [1.82, 2.24) is 4.98 Å². The Labute approximate surface area is 110 Å². The number of methoxy groups -OCH3 is 1. The molecule has 1 heterocycles. The highest BCUT2D eigenvalue weighted by molar-refractivity contribution is 7.09. The molecule has 0 saturated heterocycles. The standard InChI is InChI=1S/C13H15NO3S/c1-9-8-18-12(14-9)7-17-13-10(6-15)4-3-5-11(13)16-2/h3-5,8,15H,6-7H2,1-2H3. The molecule has 1 N–H and O–H groups in total. The zero-order chi connectivity index (χ0) is 13.0. The van der Waals surface area contributed by atoms with Crippen LogP contribution in [0.2, 0.25) is 0 Å². The fourth-order valence-electron chi connectivity index (χ4n) is 1.61. The average Bonchev–Trinajstić information content (AvgIpc) is 2.81. The first-order valence-electron chi connectivity index (χ1n) is 5.55. The lowest BCUT2D eigenvalue weighted by molar-refractivity contribution is 0.249. The molecular weight excluding hydrogens is 250 g/mol. The molecule has 2 aromatic rings. The molecule has 0 atom stereocenters. The molecule has 5 heteroatoms. The third-order valence-corrected chi connectivity index (χ3v) is 3.40. The number of rotatable bonds is 5. The number of hydrogen-bond acceptors (Lipinski definition) is 5. The lowest BCUT2D eigenvalue weighted by Crippen LogP contribution is -2.01. The Morgan fingerprint density at radius 1 is 1.39 bits per heavy atom. The summed E-state index contributed by atoms with van der Waals surface area (Å²) < 4.78 is 10.9. The second-order valence-corrected chi connectivity index (χ2v) is 4.72. The van der Waals surface area contributed by atoms with E-state index in [9.17, 15) is 5.11 Å². The molecule has 0 fully saturated rings. The van der Waals surface area contributed by atoms with Gasteiger partial charge >= 0.3 is 0 Å². The van der Waals surface area contributed by atoms with E-state index < -0.39 is 0 Å². The van der Waals surface area contributed by atoms with Crippen LogP contribution in [0.5, 0.6) is 11.5 Å². The molecule has 0 unspecified atom stereocenters. The summed E-state index contributed by atoms with van der Waals surface area (Å²) in [6.45, 7) is 2.25. The fourth-order valence-corrected chi connectivity index (χ4v) is 2.30. The highest BCUT2D eigenvalue weighted by Gasteiger charge is 2.10. The van der Waals surface area contributed by atoms with Crippen LogP contribution in [0.1, 0.15) is 16.3 Å². The number of aromatic nitrogens is 1. The summed E-state index contributed by atoms with van der Waals surface area (Å²) in [5, 5.41) is 12.2. The van der Waals surface area contributed by atoms with Gasteiger partial charge in [-0.3, -0.25) is 0 Å². The van der Waals surface area contributed by atoms with Crippen molar-refractivity contribution in [2.45, 2.75) is 20.1 Å². The number of benzene rings is 1. The first kappa shape index (κ1) is 12.9. The maximum absolute atomic E-state index is 9.29. The monoisotopic (exact) mass is 265 g/mol. The number of nitrogens with zero attached hydrogens (tertiary/aromatic N) is 1. The Kier molecular flexibility index (Phi) is 4.17. The third-order valence-electron chi connectivity index (χ3n) is 2.46. The van der Waals surface area contributed by atoms with E-state index in [1.54, 1.807) is 18.4 Å². The van der Waals surface area contributed by atoms with Gasteiger partial charge in [0.1, 0.15) is 11.6 Å². The van der Waals surface area contributed by atoms with Gasteiger partial charge in [0.25, 0.3) is 0 Å². The molecule has 0 radical (unpaired) electrons. The van der Waals surface area contributed by atoms with Gasteiger partial charge in [-0.25, -0.2) is 4.98 Å². The zero-order valence-electron chi connectivity index (χ0n) is 10.3. The Morgan fingerprint density at radius 3 is 2.83 bits per heavy atom. The minimum atomic E-state index is -0.0799. The van der Waals surface area contributed by atoms with Crippen LogP contribution < -0.4 is 9.47 Å². The Bertz CT molecular complexity index is 502. The summed E-state index contributed by atoms with van der Waals surface area (Å²) >= 11 is 1.56. The smallest absolute Gasteiger partial charge is 0.167 e. The van der Waals surface area contributed by atoms with E-state index >= 15 is 0 Å². The van der Waals surface area contributed by atoms with E-state index in [0.29, 0.717) is 23.7 Å². The highest BCUT2D eigenvalue weighted by Crippen LogP contribution is 2.31. The van der Waals surface area contributed by atoms with E-state index in [2.05, 4.69) is 4.98 Å².